The van der Waals surface area contributed by atoms with Crippen molar-refractivity contribution >= 4 is 29.5 Å². The van der Waals surface area contributed by atoms with Crippen LogP contribution in [0.25, 0.3) is 0 Å². The largest absolute Gasteiger partial charge is 0.349 e. The molecule has 142 valence electrons. The van der Waals surface area contributed by atoms with Gasteiger partial charge in [0.2, 0.25) is 11.8 Å². The molecule has 1 aromatic carbocycles. The van der Waals surface area contributed by atoms with E-state index in [1.807, 2.05) is 20.8 Å². The van der Waals surface area contributed by atoms with E-state index in [0.717, 1.165) is 4.90 Å². The highest BCUT2D eigenvalue weighted by Crippen LogP contribution is 2.28. The standard InChI is InChI=1S/C19H21N3O5/c1-9(2)10(3)20-16(24)11-4-5-12-13(8-11)19(27)22(18(12)26)14-6-7-15(23)21-17(14)25/h4-5,8-10,14H,6-7H2,1-3H3,(H,20,24)(H,21,23,25). The number of carbonyl (C=O) groups is 5. The zero-order chi connectivity index (χ0) is 19.9. The Kier molecular flexibility index (Phi) is 4.82. The maximum Gasteiger partial charge on any atom is 0.262 e. The van der Waals surface area contributed by atoms with Crippen LogP contribution in [0.1, 0.15) is 64.7 Å². The number of fused-ring (bicyclic) bond motifs is 1. The Balaban J connectivity index is 1.85. The molecule has 2 heterocycles. The highest BCUT2D eigenvalue weighted by molar-refractivity contribution is 6.24. The van der Waals surface area contributed by atoms with Crippen LogP contribution in [0.2, 0.25) is 0 Å². The van der Waals surface area contributed by atoms with Crippen molar-refractivity contribution in [3.63, 3.8) is 0 Å². The van der Waals surface area contributed by atoms with Crippen molar-refractivity contribution in [3.05, 3.63) is 34.9 Å². The molecule has 8 heteroatoms. The molecule has 0 aliphatic carbocycles. The first kappa shape index (κ1) is 18.8. The Bertz CT molecular complexity index is 861. The van der Waals surface area contributed by atoms with Crippen LogP contribution in [0.15, 0.2) is 18.2 Å². The zero-order valence-electron chi connectivity index (χ0n) is 15.4. The highest BCUT2D eigenvalue weighted by Gasteiger charge is 2.44. The first-order valence-corrected chi connectivity index (χ1v) is 8.87. The molecule has 3 rings (SSSR count). The normalized spacial score (nSPS) is 20.6. The number of nitrogens with zero attached hydrogens (tertiary/aromatic N) is 1. The van der Waals surface area contributed by atoms with Gasteiger partial charge in [0, 0.05) is 18.0 Å². The molecule has 0 aromatic heterocycles. The van der Waals surface area contributed by atoms with E-state index in [9.17, 15) is 24.0 Å². The average Bonchev–Trinajstić information content (AvgIpc) is 2.86. The van der Waals surface area contributed by atoms with E-state index in [-0.39, 0.29) is 47.4 Å². The van der Waals surface area contributed by atoms with Gasteiger partial charge in [0.25, 0.3) is 17.7 Å². The predicted octanol–water partition coefficient (Wildman–Crippen LogP) is 0.862. The van der Waals surface area contributed by atoms with Crippen LogP contribution < -0.4 is 10.6 Å². The van der Waals surface area contributed by atoms with Gasteiger partial charge in [-0.2, -0.15) is 0 Å². The van der Waals surface area contributed by atoms with Crippen LogP contribution in [0.5, 0.6) is 0 Å². The number of piperidine rings is 1. The molecule has 1 saturated heterocycles. The van der Waals surface area contributed by atoms with Crippen molar-refractivity contribution in [3.8, 4) is 0 Å². The third kappa shape index (κ3) is 3.34. The third-order valence-corrected chi connectivity index (χ3v) is 5.06. The molecular formula is C19H21N3O5. The lowest BCUT2D eigenvalue weighted by Gasteiger charge is -2.27. The molecule has 2 aliphatic heterocycles. The number of hydrogen-bond acceptors (Lipinski definition) is 5. The number of benzene rings is 1. The second kappa shape index (κ2) is 6.94. The van der Waals surface area contributed by atoms with E-state index in [2.05, 4.69) is 10.6 Å². The molecule has 1 fully saturated rings. The SMILES string of the molecule is CC(C)C(C)NC(=O)c1ccc2c(c1)C(=O)N(C1CCC(=O)NC1=O)C2=O. The molecule has 27 heavy (non-hydrogen) atoms. The number of hydrogen-bond donors (Lipinski definition) is 2. The summed E-state index contributed by atoms with van der Waals surface area (Å²) in [5.41, 5.74) is 0.514. The fourth-order valence-corrected chi connectivity index (χ4v) is 3.07. The Labute approximate surface area is 156 Å². The van der Waals surface area contributed by atoms with Gasteiger partial charge in [-0.1, -0.05) is 13.8 Å². The maximum absolute atomic E-state index is 12.7. The highest BCUT2D eigenvalue weighted by atomic mass is 16.2. The molecule has 2 N–H and O–H groups in total. The Morgan fingerprint density at radius 1 is 1.11 bits per heavy atom. The van der Waals surface area contributed by atoms with E-state index in [1.54, 1.807) is 0 Å². The van der Waals surface area contributed by atoms with Crippen molar-refractivity contribution in [1.82, 2.24) is 15.5 Å². The van der Waals surface area contributed by atoms with E-state index in [0.29, 0.717) is 0 Å². The summed E-state index contributed by atoms with van der Waals surface area (Å²) in [7, 11) is 0. The average molecular weight is 371 g/mol. The van der Waals surface area contributed by atoms with Crippen molar-refractivity contribution in [2.45, 2.75) is 45.7 Å². The summed E-state index contributed by atoms with van der Waals surface area (Å²) < 4.78 is 0. The molecule has 0 saturated carbocycles. The lowest BCUT2D eigenvalue weighted by atomic mass is 10.0. The molecule has 0 bridgehead atoms. The minimum absolute atomic E-state index is 0.0527. The summed E-state index contributed by atoms with van der Waals surface area (Å²) in [5.74, 6) is -2.40. The molecule has 0 radical (unpaired) electrons. The predicted molar refractivity (Wildman–Crippen MR) is 94.9 cm³/mol. The Hall–Kier alpha value is -3.03. The lowest BCUT2D eigenvalue weighted by molar-refractivity contribution is -0.136. The van der Waals surface area contributed by atoms with E-state index >= 15 is 0 Å². The smallest absolute Gasteiger partial charge is 0.262 e. The van der Waals surface area contributed by atoms with Gasteiger partial charge in [-0.3, -0.25) is 34.2 Å². The summed E-state index contributed by atoms with van der Waals surface area (Å²) in [4.78, 5) is 62.0. The van der Waals surface area contributed by atoms with E-state index in [1.165, 1.54) is 18.2 Å². The second-order valence-electron chi connectivity index (χ2n) is 7.21. The van der Waals surface area contributed by atoms with Gasteiger partial charge in [-0.25, -0.2) is 0 Å². The van der Waals surface area contributed by atoms with Crippen molar-refractivity contribution in [2.24, 2.45) is 5.92 Å². The minimum atomic E-state index is -1.02. The summed E-state index contributed by atoms with van der Waals surface area (Å²) in [5, 5.41) is 5.00. The number of amides is 5. The van der Waals surface area contributed by atoms with Crippen molar-refractivity contribution in [1.29, 1.82) is 0 Å². The molecule has 2 atom stereocenters. The van der Waals surface area contributed by atoms with Gasteiger partial charge in [-0.15, -0.1) is 0 Å². The summed E-state index contributed by atoms with van der Waals surface area (Å²) in [6, 6.07) is 3.22. The molecule has 2 aliphatic rings. The number of imide groups is 2. The zero-order valence-corrected chi connectivity index (χ0v) is 15.4. The quantitative estimate of drug-likeness (QED) is 0.763. The molecule has 0 spiro atoms. The summed E-state index contributed by atoms with van der Waals surface area (Å²) >= 11 is 0. The van der Waals surface area contributed by atoms with Crippen LogP contribution >= 0.6 is 0 Å². The molecule has 5 amide bonds. The Morgan fingerprint density at radius 3 is 2.41 bits per heavy atom. The van der Waals surface area contributed by atoms with Crippen molar-refractivity contribution in [2.75, 3.05) is 0 Å². The molecule has 2 unspecified atom stereocenters. The molecule has 8 nitrogen and oxygen atoms in total. The number of carbonyl (C=O) groups excluding carboxylic acids is 5. The lowest BCUT2D eigenvalue weighted by Crippen LogP contribution is -2.54. The fourth-order valence-electron chi connectivity index (χ4n) is 3.07. The van der Waals surface area contributed by atoms with Gasteiger partial charge in [-0.05, 0) is 37.5 Å². The van der Waals surface area contributed by atoms with E-state index < -0.39 is 29.7 Å². The fraction of sp³-hybridized carbons (Fsp3) is 0.421. The topological polar surface area (TPSA) is 113 Å². The van der Waals surface area contributed by atoms with Gasteiger partial charge in [0.05, 0.1) is 11.1 Å². The van der Waals surface area contributed by atoms with Crippen LogP contribution in [0.3, 0.4) is 0 Å². The molecule has 1 aromatic rings. The van der Waals surface area contributed by atoms with Gasteiger partial charge >= 0.3 is 0 Å². The number of rotatable bonds is 4. The minimum Gasteiger partial charge on any atom is -0.349 e. The van der Waals surface area contributed by atoms with Crippen molar-refractivity contribution < 1.29 is 24.0 Å². The van der Waals surface area contributed by atoms with Gasteiger partial charge < -0.3 is 5.32 Å². The molecular weight excluding hydrogens is 350 g/mol. The van der Waals surface area contributed by atoms with Crippen LogP contribution in [0, 0.1) is 5.92 Å². The monoisotopic (exact) mass is 371 g/mol. The van der Waals surface area contributed by atoms with Crippen LogP contribution in [0.4, 0.5) is 0 Å². The van der Waals surface area contributed by atoms with Gasteiger partial charge in [0.1, 0.15) is 6.04 Å². The van der Waals surface area contributed by atoms with E-state index in [4.69, 9.17) is 0 Å². The first-order valence-electron chi connectivity index (χ1n) is 8.87. The number of nitrogens with one attached hydrogen (secondary N) is 2. The van der Waals surface area contributed by atoms with Crippen LogP contribution in [-0.2, 0) is 9.59 Å². The second-order valence-corrected chi connectivity index (χ2v) is 7.21. The summed E-state index contributed by atoms with van der Waals surface area (Å²) in [6.07, 6.45) is 0.153. The summed E-state index contributed by atoms with van der Waals surface area (Å²) in [6.45, 7) is 5.84. The van der Waals surface area contributed by atoms with Gasteiger partial charge in [0.15, 0.2) is 0 Å². The maximum atomic E-state index is 12.7. The van der Waals surface area contributed by atoms with Crippen LogP contribution in [-0.4, -0.2) is 46.5 Å². The Morgan fingerprint density at radius 2 is 1.78 bits per heavy atom. The first-order chi connectivity index (χ1) is 12.7. The third-order valence-electron chi connectivity index (χ3n) is 5.06.